The van der Waals surface area contributed by atoms with Crippen LogP contribution in [0.15, 0.2) is 96.0 Å². The van der Waals surface area contributed by atoms with Gasteiger partial charge in [0.2, 0.25) is 5.91 Å². The number of pyridine rings is 1. The Hall–Kier alpha value is -4.08. The monoisotopic (exact) mass is 465 g/mol. The number of carbonyl (C=O) groups is 1. The lowest BCUT2D eigenvalue weighted by Gasteiger charge is -2.13. The van der Waals surface area contributed by atoms with Crippen LogP contribution in [-0.4, -0.2) is 23.8 Å². The van der Waals surface area contributed by atoms with E-state index >= 15 is 0 Å². The number of nitriles is 1. The molecular formula is C28H23N3O2S. The van der Waals surface area contributed by atoms with Gasteiger partial charge in [0.1, 0.15) is 16.8 Å². The molecule has 0 unspecified atom stereocenters. The molecule has 6 heteroatoms. The van der Waals surface area contributed by atoms with Crippen molar-refractivity contribution in [2.75, 3.05) is 12.9 Å². The summed E-state index contributed by atoms with van der Waals surface area (Å²) < 4.78 is 5.27. The highest BCUT2D eigenvalue weighted by atomic mass is 32.2. The van der Waals surface area contributed by atoms with Crippen molar-refractivity contribution in [3.05, 3.63) is 102 Å². The Morgan fingerprint density at radius 3 is 2.29 bits per heavy atom. The quantitative estimate of drug-likeness (QED) is 0.338. The second-order valence-corrected chi connectivity index (χ2v) is 8.46. The van der Waals surface area contributed by atoms with Gasteiger partial charge in [-0.3, -0.25) is 4.79 Å². The lowest BCUT2D eigenvalue weighted by atomic mass is 9.99. The number of nitrogens with zero attached hydrogens (tertiary/aromatic N) is 2. The van der Waals surface area contributed by atoms with Gasteiger partial charge in [0.05, 0.1) is 24.1 Å². The molecule has 0 saturated heterocycles. The molecule has 1 amide bonds. The Morgan fingerprint density at radius 2 is 1.65 bits per heavy atom. The summed E-state index contributed by atoms with van der Waals surface area (Å²) in [6, 6.07) is 31.4. The van der Waals surface area contributed by atoms with E-state index in [2.05, 4.69) is 11.4 Å². The molecule has 1 N–H and O–H groups in total. The summed E-state index contributed by atoms with van der Waals surface area (Å²) in [5.41, 5.74) is 4.82. The number of ether oxygens (including phenoxy) is 1. The van der Waals surface area contributed by atoms with Crippen molar-refractivity contribution in [2.45, 2.75) is 11.6 Å². The van der Waals surface area contributed by atoms with Crippen molar-refractivity contribution in [3.63, 3.8) is 0 Å². The molecule has 0 aliphatic carbocycles. The Bertz CT molecular complexity index is 1300. The molecule has 34 heavy (non-hydrogen) atoms. The summed E-state index contributed by atoms with van der Waals surface area (Å²) >= 11 is 1.27. The van der Waals surface area contributed by atoms with E-state index in [-0.39, 0.29) is 11.7 Å². The minimum Gasteiger partial charge on any atom is -0.497 e. The Kier molecular flexibility index (Phi) is 7.59. The Labute approximate surface area is 203 Å². The van der Waals surface area contributed by atoms with Crippen molar-refractivity contribution in [3.8, 4) is 34.2 Å². The predicted octanol–water partition coefficient (Wildman–Crippen LogP) is 5.70. The number of carbonyl (C=O) groups excluding carboxylic acids is 1. The van der Waals surface area contributed by atoms with Crippen molar-refractivity contribution >= 4 is 17.7 Å². The lowest BCUT2D eigenvalue weighted by molar-refractivity contribution is -0.118. The van der Waals surface area contributed by atoms with Crippen molar-refractivity contribution < 1.29 is 9.53 Å². The van der Waals surface area contributed by atoms with E-state index in [0.717, 1.165) is 33.7 Å². The zero-order chi connectivity index (χ0) is 23.8. The molecule has 0 aliphatic rings. The van der Waals surface area contributed by atoms with Crippen LogP contribution >= 0.6 is 11.8 Å². The topological polar surface area (TPSA) is 75.0 Å². The maximum absolute atomic E-state index is 12.5. The highest BCUT2D eigenvalue weighted by Crippen LogP contribution is 2.34. The van der Waals surface area contributed by atoms with Gasteiger partial charge in [-0.15, -0.1) is 0 Å². The van der Waals surface area contributed by atoms with Crippen LogP contribution in [0.25, 0.3) is 22.4 Å². The molecule has 0 spiro atoms. The van der Waals surface area contributed by atoms with E-state index in [9.17, 15) is 10.1 Å². The number of nitrogens with one attached hydrogen (secondary N) is 1. The molecule has 0 radical (unpaired) electrons. The van der Waals surface area contributed by atoms with Crippen molar-refractivity contribution in [1.82, 2.24) is 10.3 Å². The first-order chi connectivity index (χ1) is 16.7. The van der Waals surface area contributed by atoms with Gasteiger partial charge in [0.25, 0.3) is 0 Å². The molecule has 4 rings (SSSR count). The second kappa shape index (κ2) is 11.2. The zero-order valence-corrected chi connectivity index (χ0v) is 19.5. The number of rotatable bonds is 8. The molecule has 0 saturated carbocycles. The number of thioether (sulfide) groups is 1. The van der Waals surface area contributed by atoms with Crippen LogP contribution in [-0.2, 0) is 11.3 Å². The Morgan fingerprint density at radius 1 is 0.971 bits per heavy atom. The van der Waals surface area contributed by atoms with E-state index in [0.29, 0.717) is 17.1 Å². The largest absolute Gasteiger partial charge is 0.497 e. The maximum Gasteiger partial charge on any atom is 0.230 e. The summed E-state index contributed by atoms with van der Waals surface area (Å²) in [7, 11) is 1.62. The molecule has 3 aromatic carbocycles. The molecule has 5 nitrogen and oxygen atoms in total. The fourth-order valence-corrected chi connectivity index (χ4v) is 4.30. The first-order valence-electron chi connectivity index (χ1n) is 10.8. The smallest absolute Gasteiger partial charge is 0.230 e. The van der Waals surface area contributed by atoms with E-state index in [4.69, 9.17) is 9.72 Å². The van der Waals surface area contributed by atoms with E-state index in [1.807, 2.05) is 91.0 Å². The number of amides is 1. The molecule has 0 aliphatic heterocycles. The summed E-state index contributed by atoms with van der Waals surface area (Å²) in [6.07, 6.45) is 0. The number of hydrogen-bond donors (Lipinski definition) is 1. The highest BCUT2D eigenvalue weighted by Gasteiger charge is 2.17. The molecule has 0 bridgehead atoms. The summed E-state index contributed by atoms with van der Waals surface area (Å²) in [6.45, 7) is 0.458. The first-order valence-corrected chi connectivity index (χ1v) is 11.7. The zero-order valence-electron chi connectivity index (χ0n) is 18.7. The van der Waals surface area contributed by atoms with Crippen molar-refractivity contribution in [2.24, 2.45) is 0 Å². The summed E-state index contributed by atoms with van der Waals surface area (Å²) in [4.78, 5) is 17.3. The van der Waals surface area contributed by atoms with E-state index in [1.54, 1.807) is 7.11 Å². The SMILES string of the molecule is COc1ccc(-c2cc(-c3ccccc3)nc(SCC(=O)NCc3ccccc3)c2C#N)cc1. The van der Waals surface area contributed by atoms with Gasteiger partial charge in [-0.05, 0) is 29.3 Å². The third-order valence-corrected chi connectivity index (χ3v) is 6.22. The summed E-state index contributed by atoms with van der Waals surface area (Å²) in [5, 5.41) is 13.5. The maximum atomic E-state index is 12.5. The van der Waals surface area contributed by atoms with Gasteiger partial charge < -0.3 is 10.1 Å². The van der Waals surface area contributed by atoms with E-state index < -0.39 is 0 Å². The molecule has 0 fully saturated rings. The molecule has 168 valence electrons. The lowest BCUT2D eigenvalue weighted by Crippen LogP contribution is -2.24. The fourth-order valence-electron chi connectivity index (χ4n) is 3.47. The fraction of sp³-hybridized carbons (Fsp3) is 0.107. The summed E-state index contributed by atoms with van der Waals surface area (Å²) in [5.74, 6) is 0.786. The van der Waals surface area contributed by atoms with Crippen LogP contribution in [0, 0.1) is 11.3 Å². The van der Waals surface area contributed by atoms with Gasteiger partial charge >= 0.3 is 0 Å². The van der Waals surface area contributed by atoms with Crippen LogP contribution in [0.2, 0.25) is 0 Å². The molecular weight excluding hydrogens is 442 g/mol. The Balaban J connectivity index is 1.63. The van der Waals surface area contributed by atoms with Gasteiger partial charge in [-0.25, -0.2) is 4.98 Å². The number of aromatic nitrogens is 1. The number of methoxy groups -OCH3 is 1. The van der Waals surface area contributed by atoms with Gasteiger partial charge in [-0.2, -0.15) is 5.26 Å². The first kappa shape index (κ1) is 23.1. The standard InChI is InChI=1S/C28H23N3O2S/c1-33-23-14-12-21(13-15-23)24-16-26(22-10-6-3-7-11-22)31-28(25(24)17-29)34-19-27(32)30-18-20-8-4-2-5-9-20/h2-16H,18-19H2,1H3,(H,30,32). The molecule has 0 atom stereocenters. The molecule has 1 heterocycles. The minimum absolute atomic E-state index is 0.115. The third-order valence-electron chi connectivity index (χ3n) is 5.24. The normalized spacial score (nSPS) is 10.4. The molecule has 4 aromatic rings. The average molecular weight is 466 g/mol. The molecule has 1 aromatic heterocycles. The number of benzene rings is 3. The predicted molar refractivity (Wildman–Crippen MR) is 135 cm³/mol. The van der Waals surface area contributed by atoms with Gasteiger partial charge in [0.15, 0.2) is 0 Å². The average Bonchev–Trinajstić information content (AvgIpc) is 2.91. The highest BCUT2D eigenvalue weighted by molar-refractivity contribution is 8.00. The van der Waals surface area contributed by atoms with Crippen LogP contribution in [0.1, 0.15) is 11.1 Å². The second-order valence-electron chi connectivity index (χ2n) is 7.49. The van der Waals surface area contributed by atoms with Crippen molar-refractivity contribution in [1.29, 1.82) is 5.26 Å². The van der Waals surface area contributed by atoms with Crippen LogP contribution in [0.3, 0.4) is 0 Å². The third kappa shape index (κ3) is 5.64. The number of hydrogen-bond acceptors (Lipinski definition) is 5. The van der Waals surface area contributed by atoms with Crippen LogP contribution in [0.4, 0.5) is 0 Å². The van der Waals surface area contributed by atoms with Crippen LogP contribution < -0.4 is 10.1 Å². The van der Waals surface area contributed by atoms with Gasteiger partial charge in [-0.1, -0.05) is 84.6 Å². The van der Waals surface area contributed by atoms with Crippen LogP contribution in [0.5, 0.6) is 5.75 Å². The van der Waals surface area contributed by atoms with E-state index in [1.165, 1.54) is 11.8 Å². The minimum atomic E-state index is -0.115. The van der Waals surface area contributed by atoms with Gasteiger partial charge in [0, 0.05) is 17.7 Å².